The lowest BCUT2D eigenvalue weighted by Gasteiger charge is -2.18. The fraction of sp³-hybridized carbons (Fsp3) is 0.278. The van der Waals surface area contributed by atoms with Gasteiger partial charge in [0.15, 0.2) is 11.5 Å². The van der Waals surface area contributed by atoms with Gasteiger partial charge in [0.2, 0.25) is 12.7 Å². The van der Waals surface area contributed by atoms with Gasteiger partial charge in [-0.25, -0.2) is 0 Å². The summed E-state index contributed by atoms with van der Waals surface area (Å²) in [6.45, 7) is 6.15. The van der Waals surface area contributed by atoms with E-state index in [0.717, 1.165) is 11.3 Å². The topological polar surface area (TPSA) is 59.6 Å². The molecule has 5 heteroatoms. The van der Waals surface area contributed by atoms with E-state index in [-0.39, 0.29) is 18.7 Å². The smallest absolute Gasteiger partial charge is 0.246 e. The van der Waals surface area contributed by atoms with Crippen molar-refractivity contribution < 1.29 is 14.3 Å². The molecule has 1 aliphatic rings. The van der Waals surface area contributed by atoms with Crippen molar-refractivity contribution >= 4 is 17.3 Å². The number of nitrogens with one attached hydrogen (secondary N) is 2. The van der Waals surface area contributed by atoms with Crippen molar-refractivity contribution in [1.29, 1.82) is 0 Å². The molecule has 2 aromatic rings. The number of carbonyl (C=O) groups is 1. The summed E-state index contributed by atoms with van der Waals surface area (Å²) in [5.41, 5.74) is 4.00. The van der Waals surface area contributed by atoms with E-state index < -0.39 is 0 Å². The number of benzene rings is 2. The number of anilines is 2. The monoisotopic (exact) mass is 312 g/mol. The first-order chi connectivity index (χ1) is 11.0. The van der Waals surface area contributed by atoms with Crippen molar-refractivity contribution in [2.24, 2.45) is 0 Å². The molecule has 0 saturated heterocycles. The lowest BCUT2D eigenvalue weighted by atomic mass is 10.1. The Hall–Kier alpha value is -2.69. The van der Waals surface area contributed by atoms with Crippen molar-refractivity contribution in [3.63, 3.8) is 0 Å². The Labute approximate surface area is 135 Å². The maximum Gasteiger partial charge on any atom is 0.246 e. The van der Waals surface area contributed by atoms with Crippen LogP contribution in [-0.2, 0) is 4.79 Å². The van der Waals surface area contributed by atoms with Crippen LogP contribution in [0.3, 0.4) is 0 Å². The molecule has 120 valence electrons. The van der Waals surface area contributed by atoms with Gasteiger partial charge in [-0.1, -0.05) is 12.1 Å². The molecular weight excluding hydrogens is 292 g/mol. The first-order valence-electron chi connectivity index (χ1n) is 7.58. The highest BCUT2D eigenvalue weighted by atomic mass is 16.7. The Morgan fingerprint density at radius 3 is 2.74 bits per heavy atom. The zero-order chi connectivity index (χ0) is 16.4. The molecule has 0 radical (unpaired) electrons. The van der Waals surface area contributed by atoms with Crippen LogP contribution in [0.25, 0.3) is 0 Å². The number of hydrogen-bond acceptors (Lipinski definition) is 4. The highest BCUT2D eigenvalue weighted by molar-refractivity contribution is 5.96. The average Bonchev–Trinajstić information content (AvgIpc) is 2.99. The van der Waals surface area contributed by atoms with Crippen LogP contribution in [0.4, 0.5) is 11.4 Å². The van der Waals surface area contributed by atoms with Crippen LogP contribution in [0.2, 0.25) is 0 Å². The second kappa shape index (κ2) is 6.20. The molecule has 0 aromatic heterocycles. The Bertz CT molecular complexity index is 743. The van der Waals surface area contributed by atoms with Crippen LogP contribution >= 0.6 is 0 Å². The SMILES string of the molecule is Cc1cccc(N[C@@H](C)C(=O)Nc2ccc3c(c2)OCO3)c1C. The van der Waals surface area contributed by atoms with Crippen LogP contribution in [-0.4, -0.2) is 18.7 Å². The van der Waals surface area contributed by atoms with Gasteiger partial charge in [-0.2, -0.15) is 0 Å². The van der Waals surface area contributed by atoms with E-state index in [1.54, 1.807) is 18.2 Å². The molecule has 0 fully saturated rings. The first kappa shape index (κ1) is 15.2. The number of hydrogen-bond donors (Lipinski definition) is 2. The van der Waals surface area contributed by atoms with Gasteiger partial charge in [0.1, 0.15) is 6.04 Å². The molecule has 0 spiro atoms. The zero-order valence-electron chi connectivity index (χ0n) is 13.5. The molecule has 0 aliphatic carbocycles. The van der Waals surface area contributed by atoms with Gasteiger partial charge < -0.3 is 20.1 Å². The lowest BCUT2D eigenvalue weighted by Crippen LogP contribution is -2.32. The minimum atomic E-state index is -0.360. The van der Waals surface area contributed by atoms with Crippen molar-refractivity contribution in [3.05, 3.63) is 47.5 Å². The van der Waals surface area contributed by atoms with Crippen LogP contribution in [0, 0.1) is 13.8 Å². The molecule has 2 N–H and O–H groups in total. The quantitative estimate of drug-likeness (QED) is 0.907. The molecule has 1 heterocycles. The summed E-state index contributed by atoms with van der Waals surface area (Å²) in [4.78, 5) is 12.4. The van der Waals surface area contributed by atoms with Gasteiger partial charge >= 0.3 is 0 Å². The molecule has 23 heavy (non-hydrogen) atoms. The van der Waals surface area contributed by atoms with E-state index in [4.69, 9.17) is 9.47 Å². The third-order valence-electron chi connectivity index (χ3n) is 4.01. The van der Waals surface area contributed by atoms with Gasteiger partial charge in [-0.05, 0) is 50.1 Å². The summed E-state index contributed by atoms with van der Waals surface area (Å²) in [5, 5.41) is 6.14. The van der Waals surface area contributed by atoms with E-state index in [2.05, 4.69) is 23.6 Å². The molecular formula is C18H20N2O3. The zero-order valence-corrected chi connectivity index (χ0v) is 13.5. The Morgan fingerprint density at radius 1 is 1.13 bits per heavy atom. The minimum Gasteiger partial charge on any atom is -0.454 e. The molecule has 0 saturated carbocycles. The first-order valence-corrected chi connectivity index (χ1v) is 7.58. The van der Waals surface area contributed by atoms with Crippen LogP contribution in [0.15, 0.2) is 36.4 Å². The predicted octanol–water partition coefficient (Wildman–Crippen LogP) is 3.47. The average molecular weight is 312 g/mol. The number of rotatable bonds is 4. The summed E-state index contributed by atoms with van der Waals surface area (Å²) in [5.74, 6) is 1.24. The van der Waals surface area contributed by atoms with Gasteiger partial charge in [-0.3, -0.25) is 4.79 Å². The Morgan fingerprint density at radius 2 is 1.91 bits per heavy atom. The summed E-state index contributed by atoms with van der Waals surface area (Å²) in [7, 11) is 0. The second-order valence-corrected chi connectivity index (χ2v) is 5.67. The fourth-order valence-electron chi connectivity index (χ4n) is 2.43. The molecule has 0 bridgehead atoms. The summed E-state index contributed by atoms with van der Waals surface area (Å²) < 4.78 is 10.6. The number of ether oxygens (including phenoxy) is 2. The predicted molar refractivity (Wildman–Crippen MR) is 90.2 cm³/mol. The highest BCUT2D eigenvalue weighted by Gasteiger charge is 2.17. The van der Waals surface area contributed by atoms with Crippen molar-refractivity contribution in [3.8, 4) is 11.5 Å². The maximum absolute atomic E-state index is 12.4. The third-order valence-corrected chi connectivity index (χ3v) is 4.01. The molecule has 3 rings (SSSR count). The molecule has 1 amide bonds. The van der Waals surface area contributed by atoms with Crippen LogP contribution in [0.1, 0.15) is 18.1 Å². The van der Waals surface area contributed by atoms with E-state index in [9.17, 15) is 4.79 Å². The summed E-state index contributed by atoms with van der Waals surface area (Å²) in [6.07, 6.45) is 0. The Kier molecular flexibility index (Phi) is 4.10. The van der Waals surface area contributed by atoms with E-state index >= 15 is 0 Å². The highest BCUT2D eigenvalue weighted by Crippen LogP contribution is 2.34. The number of carbonyl (C=O) groups excluding carboxylic acids is 1. The Balaban J connectivity index is 1.67. The second-order valence-electron chi connectivity index (χ2n) is 5.67. The molecule has 2 aromatic carbocycles. The maximum atomic E-state index is 12.4. The molecule has 5 nitrogen and oxygen atoms in total. The van der Waals surface area contributed by atoms with E-state index in [1.807, 2.05) is 26.0 Å². The summed E-state index contributed by atoms with van der Waals surface area (Å²) >= 11 is 0. The van der Waals surface area contributed by atoms with Gasteiger partial charge in [0.25, 0.3) is 0 Å². The standard InChI is InChI=1S/C18H20N2O3/c1-11-5-4-6-15(12(11)2)19-13(3)18(21)20-14-7-8-16-17(9-14)23-10-22-16/h4-9,13,19H,10H2,1-3H3,(H,20,21)/t13-/m0/s1. The van der Waals surface area contributed by atoms with Gasteiger partial charge in [0.05, 0.1) is 0 Å². The number of fused-ring (bicyclic) bond motifs is 1. The number of amides is 1. The molecule has 0 unspecified atom stereocenters. The normalized spacial score (nSPS) is 13.5. The van der Waals surface area contributed by atoms with E-state index in [0.29, 0.717) is 17.2 Å². The molecule has 1 atom stereocenters. The van der Waals surface area contributed by atoms with E-state index in [1.165, 1.54) is 5.56 Å². The van der Waals surface area contributed by atoms with Crippen molar-refractivity contribution in [2.75, 3.05) is 17.4 Å². The fourth-order valence-corrected chi connectivity index (χ4v) is 2.43. The van der Waals surface area contributed by atoms with Crippen LogP contribution in [0.5, 0.6) is 11.5 Å². The summed E-state index contributed by atoms with van der Waals surface area (Å²) in [6, 6.07) is 11.0. The minimum absolute atomic E-state index is 0.107. The molecule has 1 aliphatic heterocycles. The third kappa shape index (κ3) is 3.23. The largest absolute Gasteiger partial charge is 0.454 e. The van der Waals surface area contributed by atoms with Crippen molar-refractivity contribution in [2.45, 2.75) is 26.8 Å². The van der Waals surface area contributed by atoms with Gasteiger partial charge in [0, 0.05) is 17.4 Å². The van der Waals surface area contributed by atoms with Crippen LogP contribution < -0.4 is 20.1 Å². The van der Waals surface area contributed by atoms with Crippen molar-refractivity contribution in [1.82, 2.24) is 0 Å². The lowest BCUT2D eigenvalue weighted by molar-refractivity contribution is -0.116. The number of aryl methyl sites for hydroxylation is 1. The van der Waals surface area contributed by atoms with Gasteiger partial charge in [-0.15, -0.1) is 0 Å².